The molecule has 1 unspecified atom stereocenters. The van der Waals surface area contributed by atoms with Gasteiger partial charge < -0.3 is 10.1 Å². The summed E-state index contributed by atoms with van der Waals surface area (Å²) in [7, 11) is 0. The molecule has 0 spiro atoms. The minimum atomic E-state index is -0.225. The Morgan fingerprint density at radius 2 is 2.00 bits per heavy atom. The monoisotopic (exact) mass is 378 g/mol. The van der Waals surface area contributed by atoms with Gasteiger partial charge in [-0.3, -0.25) is 5.10 Å². The highest BCUT2D eigenvalue weighted by Gasteiger charge is 2.35. The van der Waals surface area contributed by atoms with Gasteiger partial charge in [0.15, 0.2) is 0 Å². The molecule has 6 heteroatoms. The average molecular weight is 378 g/mol. The summed E-state index contributed by atoms with van der Waals surface area (Å²) in [6.07, 6.45) is 3.38. The molecule has 0 amide bonds. The van der Waals surface area contributed by atoms with Crippen molar-refractivity contribution in [2.45, 2.75) is 31.3 Å². The van der Waals surface area contributed by atoms with Gasteiger partial charge in [-0.15, -0.1) is 0 Å². The molecule has 1 aromatic heterocycles. The molecule has 1 fully saturated rings. The molecule has 4 rings (SSSR count). The van der Waals surface area contributed by atoms with Crippen molar-refractivity contribution in [1.29, 1.82) is 5.26 Å². The predicted octanol–water partition coefficient (Wildman–Crippen LogP) is 3.97. The van der Waals surface area contributed by atoms with E-state index in [0.717, 1.165) is 48.0 Å². The lowest BCUT2D eigenvalue weighted by atomic mass is 9.74. The average Bonchev–Trinajstić information content (AvgIpc) is 3.21. The number of H-pyrrole nitrogens is 1. The number of hydrogen-bond acceptors (Lipinski definition) is 4. The van der Waals surface area contributed by atoms with Gasteiger partial charge in [0.25, 0.3) is 0 Å². The van der Waals surface area contributed by atoms with Crippen molar-refractivity contribution in [1.82, 2.24) is 15.5 Å². The lowest BCUT2D eigenvalue weighted by molar-refractivity contribution is 0.0172. The zero-order chi connectivity index (χ0) is 19.6. The first kappa shape index (κ1) is 18.6. The third-order valence-electron chi connectivity index (χ3n) is 5.77. The Balaban J connectivity index is 1.60. The molecule has 1 saturated heterocycles. The second-order valence-corrected chi connectivity index (χ2v) is 7.50. The Hall–Kier alpha value is -2.75. The Morgan fingerprint density at radius 3 is 2.71 bits per heavy atom. The maximum absolute atomic E-state index is 13.4. The quantitative estimate of drug-likeness (QED) is 0.704. The van der Waals surface area contributed by atoms with Gasteiger partial charge in [0, 0.05) is 16.4 Å². The molecular weight excluding hydrogens is 355 g/mol. The second kappa shape index (κ2) is 7.70. The summed E-state index contributed by atoms with van der Waals surface area (Å²) < 4.78 is 19.8. The Morgan fingerprint density at radius 1 is 1.25 bits per heavy atom. The maximum Gasteiger partial charge on any atom is 0.123 e. The van der Waals surface area contributed by atoms with Gasteiger partial charge in [-0.05, 0) is 62.7 Å². The topological polar surface area (TPSA) is 73.7 Å². The number of nitriles is 1. The van der Waals surface area contributed by atoms with Crippen LogP contribution in [0, 0.1) is 17.1 Å². The summed E-state index contributed by atoms with van der Waals surface area (Å²) in [4.78, 5) is 0. The van der Waals surface area contributed by atoms with Gasteiger partial charge >= 0.3 is 0 Å². The molecule has 0 aliphatic carbocycles. The van der Waals surface area contributed by atoms with Crippen molar-refractivity contribution in [3.8, 4) is 6.07 Å². The number of benzene rings is 2. The molecule has 2 heterocycles. The van der Waals surface area contributed by atoms with Gasteiger partial charge in [0.2, 0.25) is 0 Å². The van der Waals surface area contributed by atoms with Crippen LogP contribution in [-0.4, -0.2) is 29.9 Å². The lowest BCUT2D eigenvalue weighted by Crippen LogP contribution is -2.43. The smallest absolute Gasteiger partial charge is 0.123 e. The molecule has 0 radical (unpaired) electrons. The second-order valence-electron chi connectivity index (χ2n) is 7.50. The van der Waals surface area contributed by atoms with Crippen molar-refractivity contribution in [2.75, 3.05) is 19.7 Å². The third-order valence-corrected chi connectivity index (χ3v) is 5.77. The van der Waals surface area contributed by atoms with Gasteiger partial charge in [-0.1, -0.05) is 12.1 Å². The normalized spacial score (nSPS) is 17.3. The molecule has 2 N–H and O–H groups in total. The molecule has 0 saturated carbocycles. The number of piperidine rings is 1. The van der Waals surface area contributed by atoms with Crippen LogP contribution in [0.1, 0.15) is 42.6 Å². The number of fused-ring (bicyclic) bond motifs is 1. The highest BCUT2D eigenvalue weighted by molar-refractivity contribution is 5.83. The molecule has 1 aliphatic rings. The first-order valence-corrected chi connectivity index (χ1v) is 9.57. The summed E-state index contributed by atoms with van der Waals surface area (Å²) in [6.45, 7) is 4.34. The van der Waals surface area contributed by atoms with E-state index < -0.39 is 0 Å². The number of aromatic nitrogens is 2. The van der Waals surface area contributed by atoms with E-state index in [4.69, 9.17) is 4.74 Å². The van der Waals surface area contributed by atoms with Crippen LogP contribution in [0.4, 0.5) is 4.39 Å². The van der Waals surface area contributed by atoms with Crippen molar-refractivity contribution in [3.05, 3.63) is 65.1 Å². The summed E-state index contributed by atoms with van der Waals surface area (Å²) in [5, 5.41) is 20.7. The van der Waals surface area contributed by atoms with E-state index >= 15 is 0 Å². The van der Waals surface area contributed by atoms with Gasteiger partial charge in [-0.25, -0.2) is 4.39 Å². The Labute approximate surface area is 163 Å². The van der Waals surface area contributed by atoms with Crippen molar-refractivity contribution in [2.24, 2.45) is 0 Å². The largest absolute Gasteiger partial charge is 0.373 e. The molecule has 144 valence electrons. The zero-order valence-corrected chi connectivity index (χ0v) is 15.8. The van der Waals surface area contributed by atoms with Crippen LogP contribution in [0.15, 0.2) is 42.6 Å². The van der Waals surface area contributed by atoms with E-state index in [1.165, 1.54) is 12.1 Å². The zero-order valence-electron chi connectivity index (χ0n) is 15.8. The molecule has 3 aromatic rings. The van der Waals surface area contributed by atoms with E-state index in [1.54, 1.807) is 6.20 Å². The number of hydrogen-bond donors (Lipinski definition) is 2. The first-order chi connectivity index (χ1) is 13.6. The van der Waals surface area contributed by atoms with E-state index in [-0.39, 0.29) is 17.3 Å². The molecule has 2 aromatic carbocycles. The van der Waals surface area contributed by atoms with Crippen LogP contribution >= 0.6 is 0 Å². The van der Waals surface area contributed by atoms with Crippen molar-refractivity contribution >= 4 is 10.9 Å². The first-order valence-electron chi connectivity index (χ1n) is 9.57. The van der Waals surface area contributed by atoms with Crippen LogP contribution in [0.5, 0.6) is 0 Å². The van der Waals surface area contributed by atoms with Crippen molar-refractivity contribution in [3.63, 3.8) is 0 Å². The SMILES string of the molecule is CC(OCC1(c2ccc(F)cc2)CCNCC1)c1cc(C#N)cc2cn[nH]c12. The van der Waals surface area contributed by atoms with Crippen molar-refractivity contribution < 1.29 is 9.13 Å². The highest BCUT2D eigenvalue weighted by atomic mass is 19.1. The van der Waals surface area contributed by atoms with Crippen LogP contribution in [0.3, 0.4) is 0 Å². The third kappa shape index (κ3) is 3.51. The standard InChI is InChI=1S/C22H23FN4O/c1-15(20-11-16(12-24)10-17-13-26-27-21(17)20)28-14-22(6-8-25-9-7-22)18-2-4-19(23)5-3-18/h2-5,10-11,13,15,25H,6-9,14H2,1H3,(H,26,27). The minimum absolute atomic E-state index is 0.146. The number of halogens is 1. The lowest BCUT2D eigenvalue weighted by Gasteiger charge is -2.38. The van der Waals surface area contributed by atoms with E-state index in [1.807, 2.05) is 31.2 Å². The number of nitrogens with one attached hydrogen (secondary N) is 2. The van der Waals surface area contributed by atoms with Gasteiger partial charge in [-0.2, -0.15) is 10.4 Å². The van der Waals surface area contributed by atoms with Crippen LogP contribution in [0.25, 0.3) is 10.9 Å². The summed E-state index contributed by atoms with van der Waals surface area (Å²) in [6, 6.07) is 12.7. The molecule has 1 atom stereocenters. The minimum Gasteiger partial charge on any atom is -0.373 e. The summed E-state index contributed by atoms with van der Waals surface area (Å²) >= 11 is 0. The fourth-order valence-electron chi connectivity index (χ4n) is 4.07. The van der Waals surface area contributed by atoms with E-state index in [2.05, 4.69) is 21.6 Å². The van der Waals surface area contributed by atoms with Gasteiger partial charge in [0.1, 0.15) is 5.82 Å². The van der Waals surface area contributed by atoms with E-state index in [9.17, 15) is 9.65 Å². The predicted molar refractivity (Wildman–Crippen MR) is 105 cm³/mol. The summed E-state index contributed by atoms with van der Waals surface area (Å²) in [5.74, 6) is -0.225. The molecule has 0 bridgehead atoms. The van der Waals surface area contributed by atoms with Crippen LogP contribution in [-0.2, 0) is 10.2 Å². The number of rotatable bonds is 5. The van der Waals surface area contributed by atoms with Gasteiger partial charge in [0.05, 0.1) is 36.1 Å². The van der Waals surface area contributed by atoms with E-state index in [0.29, 0.717) is 12.2 Å². The Kier molecular flexibility index (Phi) is 5.12. The fourth-order valence-corrected chi connectivity index (χ4v) is 4.07. The number of aromatic amines is 1. The molecule has 28 heavy (non-hydrogen) atoms. The maximum atomic E-state index is 13.4. The number of ether oxygens (including phenoxy) is 1. The molecular formula is C22H23FN4O. The summed E-state index contributed by atoms with van der Waals surface area (Å²) in [5.41, 5.74) is 3.38. The van der Waals surface area contributed by atoms with Crippen LogP contribution < -0.4 is 5.32 Å². The molecule has 5 nitrogen and oxygen atoms in total. The van der Waals surface area contributed by atoms with Crippen LogP contribution in [0.2, 0.25) is 0 Å². The fraction of sp³-hybridized carbons (Fsp3) is 0.364. The molecule has 1 aliphatic heterocycles. The highest BCUT2D eigenvalue weighted by Crippen LogP contribution is 2.36. The number of nitrogens with zero attached hydrogens (tertiary/aromatic N) is 2. The Bertz CT molecular complexity index is 1000.